The lowest BCUT2D eigenvalue weighted by atomic mass is 10.1. The summed E-state index contributed by atoms with van der Waals surface area (Å²) in [5, 5.41) is 20.9. The molecule has 1 amide bonds. The first-order valence-electron chi connectivity index (χ1n) is 5.80. The van der Waals surface area contributed by atoms with E-state index in [9.17, 15) is 4.79 Å². The van der Waals surface area contributed by atoms with Gasteiger partial charge in [0, 0.05) is 17.1 Å². The Kier molecular flexibility index (Phi) is 4.42. The van der Waals surface area contributed by atoms with Crippen molar-refractivity contribution < 1.29 is 19.7 Å². The Labute approximate surface area is 115 Å². The smallest absolute Gasteiger partial charge is 0.250 e. The van der Waals surface area contributed by atoms with E-state index in [0.29, 0.717) is 16.3 Å². The molecule has 3 N–H and O–H groups in total. The second-order valence-electron chi connectivity index (χ2n) is 4.19. The van der Waals surface area contributed by atoms with Crippen LogP contribution in [0.5, 0.6) is 5.75 Å². The van der Waals surface area contributed by atoms with Gasteiger partial charge in [0.25, 0.3) is 5.91 Å². The van der Waals surface area contributed by atoms with Gasteiger partial charge in [0.1, 0.15) is 12.4 Å². The summed E-state index contributed by atoms with van der Waals surface area (Å²) < 4.78 is 5.45. The van der Waals surface area contributed by atoms with Gasteiger partial charge >= 0.3 is 0 Å². The zero-order valence-corrected chi connectivity index (χ0v) is 10.9. The number of carbonyl (C=O) groups is 1. The number of hydrogen-bond acceptors (Lipinski definition) is 4. The first kappa shape index (κ1) is 13.9. The van der Waals surface area contributed by atoms with Crippen molar-refractivity contribution in [3.05, 3.63) is 34.4 Å². The number of rotatable bonds is 4. The molecule has 0 saturated heterocycles. The molecule has 0 bridgehead atoms. The Morgan fingerprint density at radius 1 is 1.53 bits per heavy atom. The van der Waals surface area contributed by atoms with Crippen LogP contribution in [0, 0.1) is 0 Å². The molecule has 5 nitrogen and oxygen atoms in total. The van der Waals surface area contributed by atoms with Crippen molar-refractivity contribution in [2.45, 2.75) is 6.10 Å². The zero-order chi connectivity index (χ0) is 13.8. The molecule has 1 unspecified atom stereocenters. The molecular weight excluding hydrogens is 270 g/mol. The Bertz CT molecular complexity index is 515. The molecule has 2 rings (SSSR count). The summed E-state index contributed by atoms with van der Waals surface area (Å²) in [7, 11) is 0. The molecule has 0 aliphatic carbocycles. The van der Waals surface area contributed by atoms with Crippen LogP contribution in [0.25, 0.3) is 6.08 Å². The molecule has 0 saturated carbocycles. The van der Waals surface area contributed by atoms with Crippen molar-refractivity contribution >= 4 is 23.6 Å². The fourth-order valence-corrected chi connectivity index (χ4v) is 1.85. The normalized spacial score (nSPS) is 15.0. The minimum Gasteiger partial charge on any atom is -0.488 e. The number of fused-ring (bicyclic) bond motifs is 1. The lowest BCUT2D eigenvalue weighted by Crippen LogP contribution is -2.36. The number of hydrogen-bond donors (Lipinski definition) is 3. The summed E-state index contributed by atoms with van der Waals surface area (Å²) in [6.45, 7) is -0.237. The van der Waals surface area contributed by atoms with E-state index in [1.54, 1.807) is 24.3 Å². The predicted molar refractivity (Wildman–Crippen MR) is 71.0 cm³/mol. The van der Waals surface area contributed by atoms with Crippen LogP contribution in [-0.4, -0.2) is 42.0 Å². The van der Waals surface area contributed by atoms with E-state index >= 15 is 0 Å². The van der Waals surface area contributed by atoms with Crippen LogP contribution >= 0.6 is 11.6 Å². The van der Waals surface area contributed by atoms with E-state index in [-0.39, 0.29) is 19.1 Å². The number of benzene rings is 1. The number of nitrogens with one attached hydrogen (secondary N) is 1. The van der Waals surface area contributed by atoms with Gasteiger partial charge in [-0.3, -0.25) is 4.79 Å². The van der Waals surface area contributed by atoms with Crippen molar-refractivity contribution in [3.63, 3.8) is 0 Å². The molecule has 102 valence electrons. The van der Waals surface area contributed by atoms with Crippen LogP contribution in [0.4, 0.5) is 0 Å². The summed E-state index contributed by atoms with van der Waals surface area (Å²) >= 11 is 5.88. The van der Waals surface area contributed by atoms with E-state index in [1.807, 2.05) is 0 Å². The number of ether oxygens (including phenoxy) is 1. The molecule has 19 heavy (non-hydrogen) atoms. The van der Waals surface area contributed by atoms with Gasteiger partial charge in [-0.05, 0) is 24.3 Å². The molecule has 1 aliphatic rings. The fourth-order valence-electron chi connectivity index (χ4n) is 1.67. The van der Waals surface area contributed by atoms with E-state index in [4.69, 9.17) is 26.6 Å². The highest BCUT2D eigenvalue weighted by Crippen LogP contribution is 2.28. The minimum absolute atomic E-state index is 0.00488. The highest BCUT2D eigenvalue weighted by Gasteiger charge is 2.17. The second-order valence-corrected chi connectivity index (χ2v) is 4.62. The average molecular weight is 284 g/mol. The zero-order valence-electron chi connectivity index (χ0n) is 10.1. The third-order valence-electron chi connectivity index (χ3n) is 2.69. The van der Waals surface area contributed by atoms with E-state index in [2.05, 4.69) is 5.32 Å². The maximum atomic E-state index is 11.8. The third kappa shape index (κ3) is 3.47. The summed E-state index contributed by atoms with van der Waals surface area (Å²) in [6, 6.07) is 5.18. The van der Waals surface area contributed by atoms with Crippen LogP contribution in [-0.2, 0) is 4.79 Å². The van der Waals surface area contributed by atoms with Crippen molar-refractivity contribution in [2.75, 3.05) is 19.8 Å². The first-order chi connectivity index (χ1) is 9.10. The standard InChI is InChI=1S/C13H14ClNO4/c14-10-1-2-12-8(4-10)3-9(7-19-12)13(18)15-5-11(17)6-16/h1-4,11,16-17H,5-7H2,(H,15,18). The van der Waals surface area contributed by atoms with Crippen molar-refractivity contribution in [2.24, 2.45) is 0 Å². The highest BCUT2D eigenvalue weighted by molar-refractivity contribution is 6.30. The van der Waals surface area contributed by atoms with Gasteiger partial charge in [-0.25, -0.2) is 0 Å². The summed E-state index contributed by atoms with van der Waals surface area (Å²) in [4.78, 5) is 11.8. The van der Waals surface area contributed by atoms with Crippen molar-refractivity contribution in [1.29, 1.82) is 0 Å². The largest absolute Gasteiger partial charge is 0.488 e. The maximum absolute atomic E-state index is 11.8. The van der Waals surface area contributed by atoms with Crippen LogP contribution in [0.1, 0.15) is 5.56 Å². The van der Waals surface area contributed by atoms with E-state index in [0.717, 1.165) is 5.56 Å². The van der Waals surface area contributed by atoms with Gasteiger partial charge in [-0.1, -0.05) is 11.6 Å². The monoisotopic (exact) mass is 283 g/mol. The van der Waals surface area contributed by atoms with Gasteiger partial charge in [0.05, 0.1) is 18.3 Å². The van der Waals surface area contributed by atoms with E-state index in [1.165, 1.54) is 0 Å². The van der Waals surface area contributed by atoms with Crippen LogP contribution in [0.3, 0.4) is 0 Å². The lowest BCUT2D eigenvalue weighted by Gasteiger charge is -2.18. The predicted octanol–water partition coefficient (Wildman–Crippen LogP) is 0.585. The highest BCUT2D eigenvalue weighted by atomic mass is 35.5. The number of aliphatic hydroxyl groups is 2. The number of halogens is 1. The quantitative estimate of drug-likeness (QED) is 0.755. The molecule has 0 aromatic heterocycles. The minimum atomic E-state index is -0.962. The molecule has 0 fully saturated rings. The van der Waals surface area contributed by atoms with E-state index < -0.39 is 12.7 Å². The van der Waals surface area contributed by atoms with Crippen molar-refractivity contribution in [1.82, 2.24) is 5.32 Å². The van der Waals surface area contributed by atoms with Crippen molar-refractivity contribution in [3.8, 4) is 5.75 Å². The summed E-state index contributed by atoms with van der Waals surface area (Å²) in [5.74, 6) is 0.342. The Balaban J connectivity index is 2.08. The second kappa shape index (κ2) is 6.06. The molecular formula is C13H14ClNO4. The van der Waals surface area contributed by atoms with Gasteiger partial charge in [0.2, 0.25) is 0 Å². The van der Waals surface area contributed by atoms with Gasteiger partial charge in [0.15, 0.2) is 0 Å². The van der Waals surface area contributed by atoms with Crippen LogP contribution in [0.15, 0.2) is 23.8 Å². The number of carbonyl (C=O) groups excluding carboxylic acids is 1. The van der Waals surface area contributed by atoms with Gasteiger partial charge < -0.3 is 20.3 Å². The third-order valence-corrected chi connectivity index (χ3v) is 2.92. The molecule has 1 heterocycles. The molecule has 6 heteroatoms. The molecule has 1 atom stereocenters. The maximum Gasteiger partial charge on any atom is 0.250 e. The SMILES string of the molecule is O=C(NCC(O)CO)C1=Cc2cc(Cl)ccc2OC1. The lowest BCUT2D eigenvalue weighted by molar-refractivity contribution is -0.118. The van der Waals surface area contributed by atoms with Crippen LogP contribution < -0.4 is 10.1 Å². The molecule has 1 aliphatic heterocycles. The first-order valence-corrected chi connectivity index (χ1v) is 6.18. The molecule has 0 spiro atoms. The Morgan fingerprint density at radius 2 is 2.32 bits per heavy atom. The summed E-state index contributed by atoms with van der Waals surface area (Å²) in [6.07, 6.45) is 0.738. The Morgan fingerprint density at radius 3 is 3.05 bits per heavy atom. The average Bonchev–Trinajstić information content (AvgIpc) is 2.43. The summed E-state index contributed by atoms with van der Waals surface area (Å²) in [5.41, 5.74) is 1.19. The Hall–Kier alpha value is -1.56. The molecule has 1 aromatic carbocycles. The molecule has 0 radical (unpaired) electrons. The van der Waals surface area contributed by atoms with Crippen LogP contribution in [0.2, 0.25) is 5.02 Å². The van der Waals surface area contributed by atoms with Gasteiger partial charge in [-0.15, -0.1) is 0 Å². The molecule has 1 aromatic rings. The van der Waals surface area contributed by atoms with Gasteiger partial charge in [-0.2, -0.15) is 0 Å². The fraction of sp³-hybridized carbons (Fsp3) is 0.308. The number of amides is 1. The number of aliphatic hydroxyl groups excluding tert-OH is 2. The topological polar surface area (TPSA) is 78.8 Å².